The molecule has 1 aliphatic carbocycles. The van der Waals surface area contributed by atoms with Crippen LogP contribution in [0.3, 0.4) is 0 Å². The van der Waals surface area contributed by atoms with Gasteiger partial charge in [-0.25, -0.2) is 0 Å². The molecule has 0 aromatic heterocycles. The molecule has 0 aliphatic heterocycles. The maximum Gasteiger partial charge on any atom is 0.307 e. The Bertz CT molecular complexity index is 572. The Labute approximate surface area is 126 Å². The van der Waals surface area contributed by atoms with Gasteiger partial charge in [0.2, 0.25) is 5.91 Å². The van der Waals surface area contributed by atoms with E-state index in [2.05, 4.69) is 5.32 Å². The SMILES string of the molecule is O=C(O)[C@@H]1CC=CC[C@H]1C(=O)Nc1cc(Cl)ccc1Cl. The van der Waals surface area contributed by atoms with E-state index in [9.17, 15) is 9.59 Å². The van der Waals surface area contributed by atoms with E-state index in [-0.39, 0.29) is 5.91 Å². The van der Waals surface area contributed by atoms with Gasteiger partial charge in [-0.2, -0.15) is 0 Å². The minimum Gasteiger partial charge on any atom is -0.481 e. The topological polar surface area (TPSA) is 66.4 Å². The number of amides is 1. The molecule has 1 amide bonds. The predicted molar refractivity (Wildman–Crippen MR) is 78.1 cm³/mol. The van der Waals surface area contributed by atoms with Crippen LogP contribution < -0.4 is 5.32 Å². The van der Waals surface area contributed by atoms with Gasteiger partial charge in [-0.05, 0) is 31.0 Å². The summed E-state index contributed by atoms with van der Waals surface area (Å²) >= 11 is 11.8. The highest BCUT2D eigenvalue weighted by molar-refractivity contribution is 6.35. The molecule has 0 unspecified atom stereocenters. The number of allylic oxidation sites excluding steroid dienone is 2. The molecule has 4 nitrogen and oxygen atoms in total. The molecule has 1 aromatic carbocycles. The molecular weight excluding hydrogens is 301 g/mol. The Morgan fingerprint density at radius 1 is 1.15 bits per heavy atom. The molecular formula is C14H13Cl2NO3. The lowest BCUT2D eigenvalue weighted by atomic mass is 9.82. The number of benzene rings is 1. The van der Waals surface area contributed by atoms with Crippen molar-refractivity contribution >= 4 is 40.8 Å². The van der Waals surface area contributed by atoms with E-state index in [1.807, 2.05) is 6.08 Å². The van der Waals surface area contributed by atoms with E-state index in [4.69, 9.17) is 28.3 Å². The van der Waals surface area contributed by atoms with Gasteiger partial charge in [-0.3, -0.25) is 9.59 Å². The zero-order valence-corrected chi connectivity index (χ0v) is 12.0. The smallest absolute Gasteiger partial charge is 0.307 e. The van der Waals surface area contributed by atoms with E-state index >= 15 is 0 Å². The van der Waals surface area contributed by atoms with Crippen molar-refractivity contribution < 1.29 is 14.7 Å². The highest BCUT2D eigenvalue weighted by Gasteiger charge is 2.34. The Hall–Kier alpha value is -1.52. The summed E-state index contributed by atoms with van der Waals surface area (Å²) in [6.45, 7) is 0. The van der Waals surface area contributed by atoms with Crippen LogP contribution >= 0.6 is 23.2 Å². The van der Waals surface area contributed by atoms with Gasteiger partial charge in [0.1, 0.15) is 0 Å². The van der Waals surface area contributed by atoms with Gasteiger partial charge in [-0.15, -0.1) is 0 Å². The minimum absolute atomic E-state index is 0.356. The normalized spacial score (nSPS) is 21.5. The van der Waals surface area contributed by atoms with Gasteiger partial charge in [0.15, 0.2) is 0 Å². The van der Waals surface area contributed by atoms with Gasteiger partial charge >= 0.3 is 5.97 Å². The Kier molecular flexibility index (Phi) is 4.68. The molecule has 20 heavy (non-hydrogen) atoms. The quantitative estimate of drug-likeness (QED) is 0.838. The minimum atomic E-state index is -0.966. The first kappa shape index (κ1) is 14.9. The van der Waals surface area contributed by atoms with Crippen LogP contribution in [0, 0.1) is 11.8 Å². The number of carbonyl (C=O) groups is 2. The van der Waals surface area contributed by atoms with Crippen LogP contribution in [0.1, 0.15) is 12.8 Å². The second-order valence-electron chi connectivity index (χ2n) is 4.61. The average molecular weight is 314 g/mol. The molecule has 1 aliphatic rings. The fraction of sp³-hybridized carbons (Fsp3) is 0.286. The summed E-state index contributed by atoms with van der Waals surface area (Å²) in [6, 6.07) is 4.73. The maximum absolute atomic E-state index is 12.2. The van der Waals surface area contributed by atoms with Crippen molar-refractivity contribution in [1.82, 2.24) is 0 Å². The standard InChI is InChI=1S/C14H13Cl2NO3/c15-8-5-6-11(16)12(7-8)17-13(18)9-3-1-2-4-10(9)14(19)20/h1-2,5-7,9-10H,3-4H2,(H,17,18)(H,19,20)/t9-,10-/m1/s1. The summed E-state index contributed by atoms with van der Waals surface area (Å²) in [5, 5.41) is 12.6. The van der Waals surface area contributed by atoms with Crippen molar-refractivity contribution in [2.24, 2.45) is 11.8 Å². The fourth-order valence-electron chi connectivity index (χ4n) is 2.20. The van der Waals surface area contributed by atoms with Crippen LogP contribution in [-0.4, -0.2) is 17.0 Å². The number of carbonyl (C=O) groups excluding carboxylic acids is 1. The number of aliphatic carboxylic acids is 1. The number of carboxylic acids is 1. The van der Waals surface area contributed by atoms with E-state index in [1.165, 1.54) is 6.07 Å². The van der Waals surface area contributed by atoms with Crippen LogP contribution in [0.4, 0.5) is 5.69 Å². The number of nitrogens with one attached hydrogen (secondary N) is 1. The fourth-order valence-corrected chi connectivity index (χ4v) is 2.53. The Morgan fingerprint density at radius 3 is 2.45 bits per heavy atom. The second-order valence-corrected chi connectivity index (χ2v) is 5.45. The number of hydrogen-bond acceptors (Lipinski definition) is 2. The second kappa shape index (κ2) is 6.29. The molecule has 2 atom stereocenters. The van der Waals surface area contributed by atoms with E-state index in [0.717, 1.165) is 0 Å². The van der Waals surface area contributed by atoms with Crippen molar-refractivity contribution in [1.29, 1.82) is 0 Å². The summed E-state index contributed by atoms with van der Waals surface area (Å²) in [5.74, 6) is -2.64. The van der Waals surface area contributed by atoms with E-state index < -0.39 is 17.8 Å². The third-order valence-corrected chi connectivity index (χ3v) is 3.84. The van der Waals surface area contributed by atoms with E-state index in [1.54, 1.807) is 18.2 Å². The molecule has 0 fully saturated rings. The third kappa shape index (κ3) is 3.32. The lowest BCUT2D eigenvalue weighted by Crippen LogP contribution is -2.34. The number of rotatable bonds is 3. The summed E-state index contributed by atoms with van der Waals surface area (Å²) < 4.78 is 0. The summed E-state index contributed by atoms with van der Waals surface area (Å²) in [4.78, 5) is 23.4. The molecule has 6 heteroatoms. The lowest BCUT2D eigenvalue weighted by molar-refractivity contribution is -0.146. The lowest BCUT2D eigenvalue weighted by Gasteiger charge is -2.24. The number of hydrogen-bond donors (Lipinski definition) is 2. The molecule has 0 bridgehead atoms. The third-order valence-electron chi connectivity index (χ3n) is 3.27. The number of halogens is 2. The number of carboxylic acid groups (broad SMARTS) is 1. The summed E-state index contributed by atoms with van der Waals surface area (Å²) in [7, 11) is 0. The van der Waals surface area contributed by atoms with Crippen molar-refractivity contribution in [2.45, 2.75) is 12.8 Å². The van der Waals surface area contributed by atoms with Crippen LogP contribution in [0.2, 0.25) is 10.0 Å². The molecule has 0 spiro atoms. The van der Waals surface area contributed by atoms with Gasteiger partial charge in [-0.1, -0.05) is 35.4 Å². The number of anilines is 1. The van der Waals surface area contributed by atoms with Gasteiger partial charge in [0, 0.05) is 5.02 Å². The molecule has 0 saturated carbocycles. The molecule has 0 radical (unpaired) electrons. The zero-order valence-electron chi connectivity index (χ0n) is 10.5. The van der Waals surface area contributed by atoms with Crippen LogP contribution in [0.15, 0.2) is 30.4 Å². The highest BCUT2D eigenvalue weighted by Crippen LogP contribution is 2.30. The molecule has 2 N–H and O–H groups in total. The monoisotopic (exact) mass is 313 g/mol. The maximum atomic E-state index is 12.2. The van der Waals surface area contributed by atoms with Gasteiger partial charge in [0.25, 0.3) is 0 Å². The van der Waals surface area contributed by atoms with Crippen molar-refractivity contribution in [3.05, 3.63) is 40.4 Å². The Morgan fingerprint density at radius 2 is 1.80 bits per heavy atom. The molecule has 2 rings (SSSR count). The molecule has 0 heterocycles. The first-order chi connectivity index (χ1) is 9.49. The zero-order chi connectivity index (χ0) is 14.7. The highest BCUT2D eigenvalue weighted by atomic mass is 35.5. The van der Waals surface area contributed by atoms with Crippen LogP contribution in [-0.2, 0) is 9.59 Å². The van der Waals surface area contributed by atoms with Gasteiger partial charge < -0.3 is 10.4 Å². The summed E-state index contributed by atoms with van der Waals surface area (Å²) in [5.41, 5.74) is 0.392. The van der Waals surface area contributed by atoms with Crippen LogP contribution in [0.25, 0.3) is 0 Å². The summed E-state index contributed by atoms with van der Waals surface area (Å²) in [6.07, 6.45) is 4.37. The van der Waals surface area contributed by atoms with Crippen molar-refractivity contribution in [2.75, 3.05) is 5.32 Å². The first-order valence-corrected chi connectivity index (χ1v) is 6.88. The Balaban J connectivity index is 2.16. The van der Waals surface area contributed by atoms with Crippen molar-refractivity contribution in [3.63, 3.8) is 0 Å². The van der Waals surface area contributed by atoms with Crippen molar-refractivity contribution in [3.8, 4) is 0 Å². The first-order valence-electron chi connectivity index (χ1n) is 6.12. The largest absolute Gasteiger partial charge is 0.481 e. The molecule has 1 aromatic rings. The predicted octanol–water partition coefficient (Wildman–Crippen LogP) is 3.60. The average Bonchev–Trinajstić information content (AvgIpc) is 2.42. The van der Waals surface area contributed by atoms with E-state index in [0.29, 0.717) is 28.6 Å². The van der Waals surface area contributed by atoms with Gasteiger partial charge in [0.05, 0.1) is 22.5 Å². The molecule has 0 saturated heterocycles. The molecule has 106 valence electrons. The van der Waals surface area contributed by atoms with Crippen LogP contribution in [0.5, 0.6) is 0 Å².